The van der Waals surface area contributed by atoms with Gasteiger partial charge in [0, 0.05) is 33.8 Å². The Morgan fingerprint density at radius 3 is 2.30 bits per heavy atom. The van der Waals surface area contributed by atoms with Gasteiger partial charge < -0.3 is 15.4 Å². The second-order valence-electron chi connectivity index (χ2n) is 12.6. The number of Topliss-reactive ketones (excluding diaryl/α,β-unsaturated/α-hetero) is 1. The molecule has 5 aromatic rings. The summed E-state index contributed by atoms with van der Waals surface area (Å²) in [6.45, 7) is 6.15. The molecule has 7 nitrogen and oxygen atoms in total. The van der Waals surface area contributed by atoms with Crippen LogP contribution >= 0.6 is 11.6 Å². The third-order valence-corrected chi connectivity index (χ3v) is 8.74. The lowest BCUT2D eigenvalue weighted by Crippen LogP contribution is -2.31. The highest BCUT2D eigenvalue weighted by Gasteiger charge is 2.41. The number of aryl methyl sites for hydroxylation is 1. The van der Waals surface area contributed by atoms with Crippen molar-refractivity contribution in [2.45, 2.75) is 39.7 Å². The van der Waals surface area contributed by atoms with E-state index in [0.717, 1.165) is 22.6 Å². The number of halogens is 1. The van der Waals surface area contributed by atoms with Gasteiger partial charge in [0.2, 0.25) is 5.88 Å². The van der Waals surface area contributed by atoms with Crippen molar-refractivity contribution in [2.24, 2.45) is 5.41 Å². The van der Waals surface area contributed by atoms with E-state index in [9.17, 15) is 9.59 Å². The average Bonchev–Trinajstić information content (AvgIpc) is 3.27. The van der Waals surface area contributed by atoms with Crippen LogP contribution in [0.3, 0.4) is 0 Å². The highest BCUT2D eigenvalue weighted by atomic mass is 35.5. The molecule has 0 bridgehead atoms. The van der Waals surface area contributed by atoms with Crippen molar-refractivity contribution < 1.29 is 14.3 Å². The van der Waals surface area contributed by atoms with Crippen molar-refractivity contribution in [1.29, 1.82) is 0 Å². The number of hydrogen-bond donors (Lipinski definition) is 2. The molecule has 0 amide bonds. The number of benzene rings is 4. The van der Waals surface area contributed by atoms with Gasteiger partial charge in [0.1, 0.15) is 5.75 Å². The molecular formula is C38H33ClN4O3. The second kappa shape index (κ2) is 11.7. The monoisotopic (exact) mass is 628 g/mol. The average molecular weight is 629 g/mol. The number of nitrogens with zero attached hydrogens (tertiary/aromatic N) is 2. The predicted molar refractivity (Wildman–Crippen MR) is 181 cm³/mol. The molecule has 8 heteroatoms. The maximum Gasteiger partial charge on any atom is 0.228 e. The molecule has 46 heavy (non-hydrogen) atoms. The molecule has 0 radical (unpaired) electrons. The second-order valence-corrected chi connectivity index (χ2v) is 13.0. The Morgan fingerprint density at radius 1 is 0.891 bits per heavy atom. The Bertz CT molecular complexity index is 2000. The van der Waals surface area contributed by atoms with E-state index in [1.807, 2.05) is 97.9 Å². The van der Waals surface area contributed by atoms with E-state index in [1.165, 1.54) is 0 Å². The number of anilines is 2. The summed E-state index contributed by atoms with van der Waals surface area (Å²) in [5, 5.41) is 12.8. The van der Waals surface area contributed by atoms with Gasteiger partial charge in [-0.15, -0.1) is 0 Å². The van der Waals surface area contributed by atoms with E-state index in [-0.39, 0.29) is 17.0 Å². The zero-order chi connectivity index (χ0) is 32.0. The summed E-state index contributed by atoms with van der Waals surface area (Å²) in [5.74, 6) is 1.03. The van der Waals surface area contributed by atoms with Crippen LogP contribution in [-0.2, 0) is 4.79 Å². The fourth-order valence-electron chi connectivity index (χ4n) is 6.37. The van der Waals surface area contributed by atoms with Crippen molar-refractivity contribution in [3.05, 3.63) is 142 Å². The molecule has 1 aliphatic carbocycles. The molecule has 7 rings (SSSR count). The van der Waals surface area contributed by atoms with Gasteiger partial charge in [-0.05, 0) is 73.4 Å². The Balaban J connectivity index is 1.41. The molecule has 1 unspecified atom stereocenters. The molecule has 2 heterocycles. The number of para-hydroxylation sites is 1. The number of allylic oxidation sites excluding steroid dienone is 1. The lowest BCUT2D eigenvalue weighted by atomic mass is 9.73. The van der Waals surface area contributed by atoms with Gasteiger partial charge in [-0.1, -0.05) is 74.0 Å². The van der Waals surface area contributed by atoms with Gasteiger partial charge in [-0.2, -0.15) is 5.10 Å². The van der Waals surface area contributed by atoms with Gasteiger partial charge in [0.05, 0.1) is 34.4 Å². The van der Waals surface area contributed by atoms with Crippen molar-refractivity contribution in [3.8, 4) is 17.3 Å². The third-order valence-electron chi connectivity index (χ3n) is 8.49. The Kier molecular flexibility index (Phi) is 7.49. The molecule has 1 aromatic heterocycles. The summed E-state index contributed by atoms with van der Waals surface area (Å²) in [5.41, 5.74) is 6.15. The summed E-state index contributed by atoms with van der Waals surface area (Å²) >= 11 is 6.20. The minimum Gasteiger partial charge on any atom is -0.439 e. The van der Waals surface area contributed by atoms with Crippen molar-refractivity contribution in [1.82, 2.24) is 9.78 Å². The summed E-state index contributed by atoms with van der Waals surface area (Å²) in [7, 11) is 0. The predicted octanol–water partition coefficient (Wildman–Crippen LogP) is 9.08. The number of rotatable bonds is 6. The minimum absolute atomic E-state index is 0.0499. The summed E-state index contributed by atoms with van der Waals surface area (Å²) in [6, 6.07) is 31.1. The van der Waals surface area contributed by atoms with E-state index in [1.54, 1.807) is 16.8 Å². The van der Waals surface area contributed by atoms with E-state index >= 15 is 0 Å². The first-order valence-electron chi connectivity index (χ1n) is 15.3. The highest BCUT2D eigenvalue weighted by molar-refractivity contribution is 6.30. The van der Waals surface area contributed by atoms with Crippen LogP contribution in [0, 0.1) is 12.3 Å². The van der Waals surface area contributed by atoms with Crippen LogP contribution in [0.15, 0.2) is 114 Å². The van der Waals surface area contributed by atoms with Crippen LogP contribution in [0.4, 0.5) is 11.4 Å². The Labute approximate surface area is 272 Å². The van der Waals surface area contributed by atoms with E-state index in [0.29, 0.717) is 57.6 Å². The first-order chi connectivity index (χ1) is 22.2. The van der Waals surface area contributed by atoms with Crippen LogP contribution in [0.1, 0.15) is 59.9 Å². The molecule has 2 aliphatic rings. The topological polar surface area (TPSA) is 85.2 Å². The van der Waals surface area contributed by atoms with Crippen molar-refractivity contribution >= 4 is 34.5 Å². The summed E-state index contributed by atoms with van der Waals surface area (Å²) in [4.78, 5) is 27.6. The Hall–Kier alpha value is -5.14. The van der Waals surface area contributed by atoms with E-state index in [2.05, 4.69) is 24.5 Å². The SMILES string of the molecule is Cc1nn(-c2ccccc2)c(Oc2ccc(Cl)cc2)c1C1Nc2cc(C(=O)c3ccccc3)ccc2NC2=C1C(=O)CC(C)(C)C2. The van der Waals surface area contributed by atoms with Crippen molar-refractivity contribution in [3.63, 3.8) is 0 Å². The maximum atomic E-state index is 14.1. The maximum absolute atomic E-state index is 14.1. The van der Waals surface area contributed by atoms with Crippen LogP contribution < -0.4 is 15.4 Å². The lowest BCUT2D eigenvalue weighted by Gasteiger charge is -2.34. The Morgan fingerprint density at radius 2 is 1.59 bits per heavy atom. The summed E-state index contributed by atoms with van der Waals surface area (Å²) < 4.78 is 8.39. The molecule has 0 saturated carbocycles. The number of ketones is 2. The number of carbonyl (C=O) groups excluding carboxylic acids is 2. The molecular weight excluding hydrogens is 596 g/mol. The standard InChI is InChI=1S/C38H33ClN4O3/c1-23-33(37(46-28-17-15-26(39)16-18-28)43(42-23)27-12-8-5-9-13-27)35-34-31(21-38(2,3)22-32(34)44)40-29-19-14-25(20-30(29)41-35)36(45)24-10-6-4-7-11-24/h4-20,35,40-41H,21-22H2,1-3H3. The fraction of sp³-hybridized carbons (Fsp3) is 0.184. The molecule has 0 fully saturated rings. The molecule has 230 valence electrons. The number of fused-ring (bicyclic) bond motifs is 1. The minimum atomic E-state index is -0.616. The quantitative estimate of drug-likeness (QED) is 0.182. The lowest BCUT2D eigenvalue weighted by molar-refractivity contribution is -0.118. The number of nitrogens with one attached hydrogen (secondary N) is 2. The number of carbonyl (C=O) groups is 2. The zero-order valence-corrected chi connectivity index (χ0v) is 26.6. The fourth-order valence-corrected chi connectivity index (χ4v) is 6.49. The molecule has 4 aromatic carbocycles. The van der Waals surface area contributed by atoms with Gasteiger partial charge in [-0.3, -0.25) is 9.59 Å². The van der Waals surface area contributed by atoms with Crippen LogP contribution in [0.5, 0.6) is 11.6 Å². The van der Waals surface area contributed by atoms with Gasteiger partial charge in [0.25, 0.3) is 0 Å². The molecule has 2 N–H and O–H groups in total. The number of ether oxygens (including phenoxy) is 1. The van der Waals surface area contributed by atoms with Crippen LogP contribution in [-0.4, -0.2) is 21.3 Å². The largest absolute Gasteiger partial charge is 0.439 e. The third kappa shape index (κ3) is 5.59. The van der Waals surface area contributed by atoms with Gasteiger partial charge in [-0.25, -0.2) is 4.68 Å². The normalized spacial score (nSPS) is 16.9. The van der Waals surface area contributed by atoms with Crippen molar-refractivity contribution in [2.75, 3.05) is 10.6 Å². The van der Waals surface area contributed by atoms with Crippen LogP contribution in [0.25, 0.3) is 5.69 Å². The molecule has 1 atom stereocenters. The molecule has 0 spiro atoms. The number of hydrogen-bond acceptors (Lipinski definition) is 6. The van der Waals surface area contributed by atoms with Crippen LogP contribution in [0.2, 0.25) is 5.02 Å². The van der Waals surface area contributed by atoms with Gasteiger partial charge in [0.15, 0.2) is 11.6 Å². The first-order valence-corrected chi connectivity index (χ1v) is 15.7. The van der Waals surface area contributed by atoms with E-state index in [4.69, 9.17) is 21.4 Å². The number of aromatic nitrogens is 2. The molecule has 0 saturated heterocycles. The summed E-state index contributed by atoms with van der Waals surface area (Å²) in [6.07, 6.45) is 1.08. The zero-order valence-electron chi connectivity index (χ0n) is 25.8. The molecule has 1 aliphatic heterocycles. The highest BCUT2D eigenvalue weighted by Crippen LogP contribution is 2.48. The van der Waals surface area contributed by atoms with E-state index < -0.39 is 6.04 Å². The first kappa shape index (κ1) is 29.6. The van der Waals surface area contributed by atoms with Gasteiger partial charge >= 0.3 is 0 Å². The smallest absolute Gasteiger partial charge is 0.228 e.